The molecule has 1 unspecified atom stereocenters. The summed E-state index contributed by atoms with van der Waals surface area (Å²) in [6.07, 6.45) is 7.62. The van der Waals surface area contributed by atoms with Gasteiger partial charge in [0.05, 0.1) is 0 Å². The lowest BCUT2D eigenvalue weighted by Gasteiger charge is -2.38. The summed E-state index contributed by atoms with van der Waals surface area (Å²) in [5, 5.41) is 0. The Morgan fingerprint density at radius 2 is 1.48 bits per heavy atom. The molecule has 3 atom stereocenters. The van der Waals surface area contributed by atoms with Crippen molar-refractivity contribution in [3.8, 4) is 0 Å². The molecule has 1 amide bonds. The predicted molar refractivity (Wildman–Crippen MR) is 94.2 cm³/mol. The molecular formula is C20H21N3O2. The van der Waals surface area contributed by atoms with Crippen LogP contribution in [0.4, 0.5) is 11.6 Å². The lowest BCUT2D eigenvalue weighted by Crippen LogP contribution is -2.43. The Morgan fingerprint density at radius 1 is 0.920 bits per heavy atom. The molecule has 2 aliphatic carbocycles. The highest BCUT2D eigenvalue weighted by molar-refractivity contribution is 6.01. The Hall–Kier alpha value is -2.56. The molecule has 5 nitrogen and oxygen atoms in total. The van der Waals surface area contributed by atoms with Crippen molar-refractivity contribution in [2.45, 2.75) is 32.1 Å². The van der Waals surface area contributed by atoms with E-state index in [9.17, 15) is 9.59 Å². The van der Waals surface area contributed by atoms with Gasteiger partial charge >= 0.3 is 0 Å². The van der Waals surface area contributed by atoms with Gasteiger partial charge in [-0.15, -0.1) is 0 Å². The van der Waals surface area contributed by atoms with E-state index in [4.69, 9.17) is 0 Å². The van der Waals surface area contributed by atoms with E-state index in [1.807, 2.05) is 36.4 Å². The molecule has 2 saturated carbocycles. The van der Waals surface area contributed by atoms with Crippen LogP contribution in [-0.4, -0.2) is 21.7 Å². The molecule has 2 aromatic heterocycles. The summed E-state index contributed by atoms with van der Waals surface area (Å²) < 4.78 is 0. The number of pyridine rings is 2. The number of hydrogen-bond acceptors (Lipinski definition) is 4. The lowest BCUT2D eigenvalue weighted by atomic mass is 9.67. The number of anilines is 2. The van der Waals surface area contributed by atoms with Crippen LogP contribution in [0, 0.1) is 17.8 Å². The summed E-state index contributed by atoms with van der Waals surface area (Å²) in [5.41, 5.74) is 0. The first kappa shape index (κ1) is 15.9. The van der Waals surface area contributed by atoms with E-state index in [0.717, 1.165) is 19.3 Å². The zero-order chi connectivity index (χ0) is 17.2. The topological polar surface area (TPSA) is 63.2 Å². The van der Waals surface area contributed by atoms with Crippen LogP contribution in [0.15, 0.2) is 48.8 Å². The number of hydrogen-bond donors (Lipinski definition) is 0. The van der Waals surface area contributed by atoms with Crippen LogP contribution < -0.4 is 4.90 Å². The summed E-state index contributed by atoms with van der Waals surface area (Å²) in [5.74, 6) is 1.49. The van der Waals surface area contributed by atoms with E-state index in [0.29, 0.717) is 30.3 Å². The summed E-state index contributed by atoms with van der Waals surface area (Å²) in [6.45, 7) is 0. The Kier molecular flexibility index (Phi) is 4.30. The molecule has 4 rings (SSSR count). The molecule has 0 aliphatic heterocycles. The van der Waals surface area contributed by atoms with E-state index < -0.39 is 0 Å². The van der Waals surface area contributed by atoms with E-state index in [-0.39, 0.29) is 23.7 Å². The quantitative estimate of drug-likeness (QED) is 0.861. The van der Waals surface area contributed by atoms with Crippen LogP contribution >= 0.6 is 0 Å². The number of fused-ring (bicyclic) bond motifs is 2. The molecule has 2 fully saturated rings. The molecule has 0 saturated heterocycles. The van der Waals surface area contributed by atoms with Gasteiger partial charge in [-0.1, -0.05) is 18.6 Å². The fourth-order valence-electron chi connectivity index (χ4n) is 4.18. The van der Waals surface area contributed by atoms with Gasteiger partial charge in [-0.05, 0) is 49.9 Å². The maximum atomic E-state index is 13.4. The van der Waals surface area contributed by atoms with Crippen molar-refractivity contribution in [1.82, 2.24) is 9.97 Å². The molecule has 2 aromatic rings. The molecular weight excluding hydrogens is 314 g/mol. The normalized spacial score (nSPS) is 25.4. The zero-order valence-corrected chi connectivity index (χ0v) is 14.0. The fourth-order valence-corrected chi connectivity index (χ4v) is 4.18. The van der Waals surface area contributed by atoms with Crippen LogP contribution in [-0.2, 0) is 9.59 Å². The van der Waals surface area contributed by atoms with Gasteiger partial charge in [-0.2, -0.15) is 0 Å². The highest BCUT2D eigenvalue weighted by Gasteiger charge is 2.43. The smallest absolute Gasteiger partial charge is 0.237 e. The average Bonchev–Trinajstić information content (AvgIpc) is 2.63. The van der Waals surface area contributed by atoms with Gasteiger partial charge in [0.2, 0.25) is 5.91 Å². The number of nitrogens with zero attached hydrogens (tertiary/aromatic N) is 3. The maximum absolute atomic E-state index is 13.4. The Bertz CT molecular complexity index is 708. The summed E-state index contributed by atoms with van der Waals surface area (Å²) in [6, 6.07) is 11.0. The second-order valence-corrected chi connectivity index (χ2v) is 6.94. The molecule has 0 aromatic carbocycles. The summed E-state index contributed by atoms with van der Waals surface area (Å²) in [7, 11) is 0. The van der Waals surface area contributed by atoms with E-state index in [1.54, 1.807) is 17.3 Å². The SMILES string of the molecule is O=C1[C@@H]2CCC[C@H]1CC(C(=O)N(c1ccccn1)c1ccccn1)C2. The third-order valence-corrected chi connectivity index (χ3v) is 5.37. The van der Waals surface area contributed by atoms with Crippen LogP contribution in [0.5, 0.6) is 0 Å². The van der Waals surface area contributed by atoms with Crippen LogP contribution in [0.1, 0.15) is 32.1 Å². The van der Waals surface area contributed by atoms with Crippen molar-refractivity contribution in [3.05, 3.63) is 48.8 Å². The minimum absolute atomic E-state index is 0.00167. The second-order valence-electron chi connectivity index (χ2n) is 6.94. The molecule has 2 heterocycles. The minimum Gasteiger partial charge on any atom is -0.299 e. The first-order chi connectivity index (χ1) is 12.2. The van der Waals surface area contributed by atoms with Crippen molar-refractivity contribution in [2.75, 3.05) is 4.90 Å². The number of carbonyl (C=O) groups excluding carboxylic acids is 2. The first-order valence-corrected chi connectivity index (χ1v) is 8.94. The van der Waals surface area contributed by atoms with Crippen molar-refractivity contribution in [3.63, 3.8) is 0 Å². The molecule has 0 N–H and O–H groups in total. The Labute approximate surface area is 147 Å². The predicted octanol–water partition coefficient (Wildman–Crippen LogP) is 3.54. The van der Waals surface area contributed by atoms with Gasteiger partial charge in [0.1, 0.15) is 17.4 Å². The molecule has 2 bridgehead atoms. The number of ketones is 1. The summed E-state index contributed by atoms with van der Waals surface area (Å²) >= 11 is 0. The monoisotopic (exact) mass is 335 g/mol. The Balaban J connectivity index is 1.66. The molecule has 25 heavy (non-hydrogen) atoms. The molecule has 0 radical (unpaired) electrons. The molecule has 128 valence electrons. The van der Waals surface area contributed by atoms with E-state index in [2.05, 4.69) is 9.97 Å². The highest BCUT2D eigenvalue weighted by atomic mass is 16.2. The standard InChI is InChI=1S/C20H21N3O2/c24-19-14-6-5-7-15(19)13-16(12-14)20(25)23(17-8-1-3-10-21-17)18-9-2-4-11-22-18/h1-4,8-11,14-16H,5-7,12-13H2/t14-,15+,16?. The number of carbonyl (C=O) groups is 2. The zero-order valence-electron chi connectivity index (χ0n) is 14.0. The van der Waals surface area contributed by atoms with Gasteiger partial charge in [0.25, 0.3) is 0 Å². The second kappa shape index (κ2) is 6.75. The van der Waals surface area contributed by atoms with E-state index in [1.165, 1.54) is 0 Å². The number of amides is 1. The summed E-state index contributed by atoms with van der Waals surface area (Å²) in [4.78, 5) is 36.0. The van der Waals surface area contributed by atoms with Crippen LogP contribution in [0.2, 0.25) is 0 Å². The largest absolute Gasteiger partial charge is 0.299 e. The number of Topliss-reactive ketones (excluding diaryl/α,β-unsaturated/α-hetero) is 1. The van der Waals surface area contributed by atoms with Crippen molar-refractivity contribution in [1.29, 1.82) is 0 Å². The molecule has 2 aliphatic rings. The van der Waals surface area contributed by atoms with Crippen molar-refractivity contribution >= 4 is 23.3 Å². The van der Waals surface area contributed by atoms with E-state index >= 15 is 0 Å². The average molecular weight is 335 g/mol. The lowest BCUT2D eigenvalue weighted by molar-refractivity contribution is -0.136. The number of rotatable bonds is 3. The van der Waals surface area contributed by atoms with Gasteiger partial charge < -0.3 is 0 Å². The maximum Gasteiger partial charge on any atom is 0.237 e. The van der Waals surface area contributed by atoms with Gasteiger partial charge in [0.15, 0.2) is 0 Å². The first-order valence-electron chi connectivity index (χ1n) is 8.94. The van der Waals surface area contributed by atoms with Gasteiger partial charge in [-0.25, -0.2) is 14.9 Å². The van der Waals surface area contributed by atoms with Crippen LogP contribution in [0.3, 0.4) is 0 Å². The number of aromatic nitrogens is 2. The molecule has 5 heteroatoms. The van der Waals surface area contributed by atoms with Gasteiger partial charge in [-0.3, -0.25) is 9.59 Å². The fraction of sp³-hybridized carbons (Fsp3) is 0.400. The third-order valence-electron chi connectivity index (χ3n) is 5.37. The van der Waals surface area contributed by atoms with Crippen LogP contribution in [0.25, 0.3) is 0 Å². The minimum atomic E-state index is -0.142. The van der Waals surface area contributed by atoms with Crippen molar-refractivity contribution < 1.29 is 9.59 Å². The Morgan fingerprint density at radius 3 is 1.96 bits per heavy atom. The molecule has 0 spiro atoms. The van der Waals surface area contributed by atoms with Crippen molar-refractivity contribution in [2.24, 2.45) is 17.8 Å². The highest BCUT2D eigenvalue weighted by Crippen LogP contribution is 2.41. The third kappa shape index (κ3) is 3.06. The van der Waals surface area contributed by atoms with Gasteiger partial charge in [0, 0.05) is 30.1 Å².